The molecule has 3 rings (SSSR count). The lowest BCUT2D eigenvalue weighted by atomic mass is 9.70. The summed E-state index contributed by atoms with van der Waals surface area (Å²) in [5, 5.41) is 2.86. The maximum Gasteiger partial charge on any atom is 0.472 e. The maximum atomic E-state index is 13.1. The second-order valence-corrected chi connectivity index (χ2v) is 11.4. The van der Waals surface area contributed by atoms with E-state index in [0.717, 1.165) is 12.8 Å². The molecule has 0 saturated heterocycles. The maximum absolute atomic E-state index is 13.1. The van der Waals surface area contributed by atoms with Gasteiger partial charge >= 0.3 is 12.1 Å². The molecule has 1 saturated carbocycles. The van der Waals surface area contributed by atoms with Crippen molar-refractivity contribution in [3.05, 3.63) is 48.0 Å². The Kier molecular flexibility index (Phi) is 8.41. The third-order valence-electron chi connectivity index (χ3n) is 6.94. The van der Waals surface area contributed by atoms with E-state index in [4.69, 9.17) is 0 Å². The van der Waals surface area contributed by atoms with Crippen molar-refractivity contribution in [1.29, 1.82) is 0 Å². The highest BCUT2D eigenvalue weighted by Gasteiger charge is 2.38. The number of hydrogen-bond donors (Lipinski definition) is 4. The van der Waals surface area contributed by atoms with Gasteiger partial charge in [-0.3, -0.25) is 25.2 Å². The number of carbonyl (C=O) groups is 2. The van der Waals surface area contributed by atoms with E-state index in [1.807, 2.05) is 0 Å². The van der Waals surface area contributed by atoms with Crippen molar-refractivity contribution < 1.29 is 31.2 Å². The van der Waals surface area contributed by atoms with Crippen LogP contribution in [-0.2, 0) is 19.6 Å². The first-order valence-electron chi connectivity index (χ1n) is 11.8. The zero-order valence-electron chi connectivity index (χ0n) is 20.9. The summed E-state index contributed by atoms with van der Waals surface area (Å²) < 4.78 is 65.4. The Hall–Kier alpha value is -3.28. The lowest BCUT2D eigenvalue weighted by Crippen LogP contribution is -2.40. The number of hydrazine groups is 1. The molecule has 0 aliphatic heterocycles. The number of sulfonamides is 1. The molecule has 0 radical (unpaired) electrons. The number of halogens is 3. The molecular formula is C25H31F3N4O4S. The Morgan fingerprint density at radius 1 is 0.892 bits per heavy atom. The SMILES string of the molecule is Cc1ccc(NC(=O)C2CC(C)C(C)C(C)C2)cc1S(=O)(=O)Nc1ccc(NNC(=O)C(F)(F)F)cc1. The van der Waals surface area contributed by atoms with Gasteiger partial charge in [-0.15, -0.1) is 0 Å². The van der Waals surface area contributed by atoms with E-state index in [1.54, 1.807) is 19.1 Å². The molecule has 37 heavy (non-hydrogen) atoms. The number of hydrogen-bond acceptors (Lipinski definition) is 5. The molecule has 12 heteroatoms. The van der Waals surface area contributed by atoms with Gasteiger partial charge in [-0.1, -0.05) is 26.8 Å². The van der Waals surface area contributed by atoms with Crippen LogP contribution in [0.25, 0.3) is 0 Å². The number of amides is 2. The number of carbonyl (C=O) groups excluding carboxylic acids is 2. The summed E-state index contributed by atoms with van der Waals surface area (Å²) in [4.78, 5) is 23.8. The van der Waals surface area contributed by atoms with Gasteiger partial charge in [0.05, 0.1) is 10.6 Å². The van der Waals surface area contributed by atoms with Gasteiger partial charge in [0.25, 0.3) is 10.0 Å². The first kappa shape index (κ1) is 28.3. The van der Waals surface area contributed by atoms with Crippen LogP contribution >= 0.6 is 0 Å². The van der Waals surface area contributed by atoms with Crippen molar-refractivity contribution in [3.8, 4) is 0 Å². The Morgan fingerprint density at radius 2 is 1.43 bits per heavy atom. The zero-order valence-corrected chi connectivity index (χ0v) is 21.8. The van der Waals surface area contributed by atoms with E-state index in [0.29, 0.717) is 29.0 Å². The fourth-order valence-corrected chi connectivity index (χ4v) is 5.77. The van der Waals surface area contributed by atoms with Crippen molar-refractivity contribution >= 4 is 38.9 Å². The van der Waals surface area contributed by atoms with Crippen molar-refractivity contribution in [2.75, 3.05) is 15.5 Å². The predicted molar refractivity (Wildman–Crippen MR) is 135 cm³/mol. The van der Waals surface area contributed by atoms with E-state index in [2.05, 4.69) is 36.2 Å². The first-order chi connectivity index (χ1) is 17.2. The van der Waals surface area contributed by atoms with Gasteiger partial charge < -0.3 is 5.32 Å². The molecule has 1 aliphatic carbocycles. The van der Waals surface area contributed by atoms with Crippen LogP contribution in [0, 0.1) is 30.6 Å². The summed E-state index contributed by atoms with van der Waals surface area (Å²) in [6.07, 6.45) is -3.48. The Morgan fingerprint density at radius 3 is 2.00 bits per heavy atom. The van der Waals surface area contributed by atoms with Gasteiger partial charge in [-0.25, -0.2) is 8.42 Å². The fourth-order valence-electron chi connectivity index (χ4n) is 4.44. The van der Waals surface area contributed by atoms with Gasteiger partial charge in [-0.05, 0) is 79.5 Å². The summed E-state index contributed by atoms with van der Waals surface area (Å²) in [5.41, 5.74) is 4.71. The van der Waals surface area contributed by atoms with Gasteiger partial charge in [0.2, 0.25) is 5.91 Å². The van der Waals surface area contributed by atoms with Crippen LogP contribution in [-0.4, -0.2) is 26.4 Å². The molecule has 2 atom stereocenters. The molecule has 0 spiro atoms. The smallest absolute Gasteiger partial charge is 0.326 e. The van der Waals surface area contributed by atoms with E-state index >= 15 is 0 Å². The molecule has 4 N–H and O–H groups in total. The normalized spacial score (nSPS) is 22.1. The minimum Gasteiger partial charge on any atom is -0.326 e. The second-order valence-electron chi connectivity index (χ2n) is 9.71. The number of nitrogens with one attached hydrogen (secondary N) is 4. The topological polar surface area (TPSA) is 116 Å². The van der Waals surface area contributed by atoms with E-state index in [1.165, 1.54) is 35.8 Å². The average Bonchev–Trinajstić information content (AvgIpc) is 2.81. The van der Waals surface area contributed by atoms with Crippen molar-refractivity contribution in [2.45, 2.75) is 51.6 Å². The van der Waals surface area contributed by atoms with Crippen LogP contribution in [0.1, 0.15) is 39.2 Å². The summed E-state index contributed by atoms with van der Waals surface area (Å²) >= 11 is 0. The van der Waals surface area contributed by atoms with Crippen LogP contribution in [0.5, 0.6) is 0 Å². The van der Waals surface area contributed by atoms with Gasteiger partial charge in [0.15, 0.2) is 0 Å². The highest BCUT2D eigenvalue weighted by Crippen LogP contribution is 2.38. The molecule has 202 valence electrons. The molecule has 0 heterocycles. The van der Waals surface area contributed by atoms with Crippen LogP contribution in [0.4, 0.5) is 30.2 Å². The largest absolute Gasteiger partial charge is 0.472 e. The second kappa shape index (κ2) is 11.0. The molecule has 1 fully saturated rings. The first-order valence-corrected chi connectivity index (χ1v) is 13.3. The highest BCUT2D eigenvalue weighted by molar-refractivity contribution is 7.92. The quantitative estimate of drug-likeness (QED) is 0.367. The molecule has 2 unspecified atom stereocenters. The lowest BCUT2D eigenvalue weighted by Gasteiger charge is -2.36. The van der Waals surface area contributed by atoms with E-state index in [-0.39, 0.29) is 28.1 Å². The van der Waals surface area contributed by atoms with Crippen LogP contribution in [0.2, 0.25) is 0 Å². The lowest BCUT2D eigenvalue weighted by molar-refractivity contribution is -0.173. The molecule has 2 aromatic carbocycles. The molecule has 0 bridgehead atoms. The van der Waals surface area contributed by atoms with E-state index < -0.39 is 22.1 Å². The van der Waals surface area contributed by atoms with Gasteiger partial charge in [0.1, 0.15) is 0 Å². The third-order valence-corrected chi connectivity index (χ3v) is 8.46. The predicted octanol–water partition coefficient (Wildman–Crippen LogP) is 5.06. The van der Waals surface area contributed by atoms with E-state index in [9.17, 15) is 31.2 Å². The Bertz CT molecular complexity index is 1240. The van der Waals surface area contributed by atoms with Crippen LogP contribution < -0.4 is 20.9 Å². The number of alkyl halides is 3. The van der Waals surface area contributed by atoms with Crippen LogP contribution in [0.15, 0.2) is 47.4 Å². The minimum absolute atomic E-state index is 0.0241. The number of rotatable bonds is 7. The summed E-state index contributed by atoms with van der Waals surface area (Å²) in [5.74, 6) is -1.07. The van der Waals surface area contributed by atoms with Crippen molar-refractivity contribution in [1.82, 2.24) is 5.43 Å². The van der Waals surface area contributed by atoms with Crippen LogP contribution in [0.3, 0.4) is 0 Å². The fraction of sp³-hybridized carbons (Fsp3) is 0.440. The third kappa shape index (κ3) is 7.15. The summed E-state index contributed by atoms with van der Waals surface area (Å²) in [7, 11) is -4.05. The Balaban J connectivity index is 1.68. The molecule has 2 amide bonds. The number of benzene rings is 2. The zero-order chi connectivity index (χ0) is 27.5. The van der Waals surface area contributed by atoms with Gasteiger partial charge in [0, 0.05) is 17.3 Å². The molecule has 2 aromatic rings. The van der Waals surface area contributed by atoms with Crippen molar-refractivity contribution in [3.63, 3.8) is 0 Å². The molecule has 1 aliphatic rings. The molecule has 0 aromatic heterocycles. The summed E-state index contributed by atoms with van der Waals surface area (Å²) in [6.45, 7) is 8.11. The summed E-state index contributed by atoms with van der Waals surface area (Å²) in [6, 6.07) is 9.90. The standard InChI is InChI=1S/C25H31F3N4O4S/c1-14-5-6-21(29-23(33)18-11-15(2)17(4)16(3)12-18)13-22(14)37(35,36)32-20-9-7-19(8-10-20)30-31-24(34)25(26,27)28/h5-10,13,15-18,30,32H,11-12H2,1-4H3,(H,29,33)(H,31,34). The highest BCUT2D eigenvalue weighted by atomic mass is 32.2. The molecular weight excluding hydrogens is 509 g/mol. The van der Waals surface area contributed by atoms with Gasteiger partial charge in [-0.2, -0.15) is 13.2 Å². The Labute approximate surface area is 214 Å². The number of aryl methyl sites for hydroxylation is 1. The molecule has 8 nitrogen and oxygen atoms in total. The number of anilines is 3. The van der Waals surface area contributed by atoms with Crippen molar-refractivity contribution in [2.24, 2.45) is 23.7 Å². The monoisotopic (exact) mass is 540 g/mol. The minimum atomic E-state index is -5.04. The average molecular weight is 541 g/mol.